The van der Waals surface area contributed by atoms with E-state index in [2.05, 4.69) is 9.97 Å². The first-order valence-electron chi connectivity index (χ1n) is 9.85. The van der Waals surface area contributed by atoms with Crippen LogP contribution in [0.25, 0.3) is 0 Å². The zero-order valence-electron chi connectivity index (χ0n) is 17.6. The molecule has 168 valence electrons. The first-order chi connectivity index (χ1) is 14.5. The Labute approximate surface area is 178 Å². The number of pyridine rings is 2. The molecule has 0 bridgehead atoms. The molecule has 0 spiro atoms. The molecular weight excluding hydrogens is 413 g/mol. The molecule has 1 saturated heterocycles. The molecule has 10 heteroatoms. The van der Waals surface area contributed by atoms with Crippen molar-refractivity contribution >= 4 is 11.9 Å². The van der Waals surface area contributed by atoms with E-state index in [0.717, 1.165) is 12.3 Å². The number of hydrogen-bond donors (Lipinski definition) is 1. The van der Waals surface area contributed by atoms with Gasteiger partial charge in [0.1, 0.15) is 23.2 Å². The Balaban J connectivity index is 1.73. The second-order valence-electron chi connectivity index (χ2n) is 8.25. The molecule has 1 unspecified atom stereocenters. The lowest BCUT2D eigenvalue weighted by molar-refractivity contribution is -0.141. The third-order valence-electron chi connectivity index (χ3n) is 4.73. The van der Waals surface area contributed by atoms with Crippen molar-refractivity contribution in [2.24, 2.45) is 0 Å². The van der Waals surface area contributed by atoms with Crippen LogP contribution in [0, 0.1) is 0 Å². The van der Waals surface area contributed by atoms with Gasteiger partial charge in [0.05, 0.1) is 0 Å². The van der Waals surface area contributed by atoms with Gasteiger partial charge in [0.25, 0.3) is 0 Å². The van der Waals surface area contributed by atoms with Crippen LogP contribution in [-0.4, -0.2) is 57.8 Å². The molecule has 1 amide bonds. The quantitative estimate of drug-likeness (QED) is 0.789. The van der Waals surface area contributed by atoms with Gasteiger partial charge >= 0.3 is 12.3 Å². The van der Waals surface area contributed by atoms with Crippen LogP contribution in [0.2, 0.25) is 0 Å². The summed E-state index contributed by atoms with van der Waals surface area (Å²) >= 11 is 0. The summed E-state index contributed by atoms with van der Waals surface area (Å²) in [5.41, 5.74) is -0.917. The topological polar surface area (TPSA) is 78.8 Å². The SMILES string of the molecule is CC(C)(C)OC(=O)N1CCN(c2ncccc2C(O)c2ccc(C(F)(F)F)nc2)CC1. The number of aliphatic hydroxyl groups is 1. The highest BCUT2D eigenvalue weighted by molar-refractivity contribution is 5.68. The fourth-order valence-corrected chi connectivity index (χ4v) is 3.23. The maximum Gasteiger partial charge on any atom is 0.433 e. The first kappa shape index (κ1) is 22.8. The summed E-state index contributed by atoms with van der Waals surface area (Å²) in [6, 6.07) is 5.37. The van der Waals surface area contributed by atoms with Crippen molar-refractivity contribution in [3.8, 4) is 0 Å². The van der Waals surface area contributed by atoms with Crippen LogP contribution in [0.5, 0.6) is 0 Å². The van der Waals surface area contributed by atoms with Gasteiger partial charge in [-0.1, -0.05) is 12.1 Å². The van der Waals surface area contributed by atoms with Gasteiger partial charge in [-0.15, -0.1) is 0 Å². The number of piperazine rings is 1. The van der Waals surface area contributed by atoms with Crippen molar-refractivity contribution in [1.29, 1.82) is 0 Å². The van der Waals surface area contributed by atoms with E-state index in [1.807, 2.05) is 4.90 Å². The van der Waals surface area contributed by atoms with E-state index in [1.165, 1.54) is 6.07 Å². The van der Waals surface area contributed by atoms with Crippen molar-refractivity contribution in [2.45, 2.75) is 38.7 Å². The van der Waals surface area contributed by atoms with Crippen molar-refractivity contribution in [3.63, 3.8) is 0 Å². The van der Waals surface area contributed by atoms with Gasteiger partial charge in [0.2, 0.25) is 0 Å². The average molecular weight is 438 g/mol. The van der Waals surface area contributed by atoms with Crippen LogP contribution in [-0.2, 0) is 10.9 Å². The number of aliphatic hydroxyl groups excluding tert-OH is 1. The van der Waals surface area contributed by atoms with E-state index in [4.69, 9.17) is 4.74 Å². The maximum absolute atomic E-state index is 12.8. The minimum Gasteiger partial charge on any atom is -0.444 e. The molecule has 0 radical (unpaired) electrons. The lowest BCUT2D eigenvalue weighted by atomic mass is 10.0. The van der Waals surface area contributed by atoms with Gasteiger partial charge in [-0.05, 0) is 32.9 Å². The number of nitrogens with zero attached hydrogens (tertiary/aromatic N) is 4. The minimum absolute atomic E-state index is 0.231. The summed E-state index contributed by atoms with van der Waals surface area (Å²) in [4.78, 5) is 23.6. The van der Waals surface area contributed by atoms with E-state index in [9.17, 15) is 23.1 Å². The van der Waals surface area contributed by atoms with Crippen LogP contribution >= 0.6 is 0 Å². The molecule has 7 nitrogen and oxygen atoms in total. The number of anilines is 1. The number of amides is 1. The van der Waals surface area contributed by atoms with E-state index in [1.54, 1.807) is 44.0 Å². The van der Waals surface area contributed by atoms with Gasteiger partial charge in [0, 0.05) is 49.7 Å². The second kappa shape index (κ2) is 8.70. The molecule has 2 aromatic rings. The molecule has 31 heavy (non-hydrogen) atoms. The summed E-state index contributed by atoms with van der Waals surface area (Å²) < 4.78 is 43.7. The number of alkyl halides is 3. The fourth-order valence-electron chi connectivity index (χ4n) is 3.23. The number of carbonyl (C=O) groups is 1. The summed E-state index contributed by atoms with van der Waals surface area (Å²) in [6.45, 7) is 7.20. The zero-order chi connectivity index (χ0) is 22.8. The Bertz CT molecular complexity index is 905. The highest BCUT2D eigenvalue weighted by atomic mass is 19.4. The normalized spacial score (nSPS) is 16.2. The highest BCUT2D eigenvalue weighted by Gasteiger charge is 2.33. The summed E-state index contributed by atoms with van der Waals surface area (Å²) in [5.74, 6) is 0.513. The summed E-state index contributed by atoms with van der Waals surface area (Å²) in [5, 5.41) is 10.8. The summed E-state index contributed by atoms with van der Waals surface area (Å²) in [6.07, 6.45) is -3.52. The molecule has 0 aliphatic carbocycles. The van der Waals surface area contributed by atoms with Crippen LogP contribution in [0.15, 0.2) is 36.7 Å². The van der Waals surface area contributed by atoms with Gasteiger partial charge < -0.3 is 19.6 Å². The second-order valence-corrected chi connectivity index (χ2v) is 8.25. The number of carbonyl (C=O) groups excluding carboxylic acids is 1. The van der Waals surface area contributed by atoms with Crippen molar-refractivity contribution in [3.05, 3.63) is 53.5 Å². The van der Waals surface area contributed by atoms with Crippen molar-refractivity contribution in [2.75, 3.05) is 31.1 Å². The zero-order valence-corrected chi connectivity index (χ0v) is 17.6. The van der Waals surface area contributed by atoms with Crippen molar-refractivity contribution in [1.82, 2.24) is 14.9 Å². The fraction of sp³-hybridized carbons (Fsp3) is 0.476. The standard InChI is InChI=1S/C21H25F3N4O3/c1-20(2,3)31-19(30)28-11-9-27(10-12-28)18-15(5-4-8-25-18)17(29)14-6-7-16(26-13-14)21(22,23)24/h4-8,13,17,29H,9-12H2,1-3H3. The number of rotatable bonds is 3. The van der Waals surface area contributed by atoms with Gasteiger partial charge in [0.15, 0.2) is 0 Å². The van der Waals surface area contributed by atoms with Crippen LogP contribution in [0.4, 0.5) is 23.8 Å². The maximum atomic E-state index is 12.8. The van der Waals surface area contributed by atoms with Gasteiger partial charge in [-0.3, -0.25) is 4.98 Å². The van der Waals surface area contributed by atoms with Crippen molar-refractivity contribution < 1.29 is 27.8 Å². The summed E-state index contributed by atoms with van der Waals surface area (Å²) in [7, 11) is 0. The van der Waals surface area contributed by atoms with E-state index in [0.29, 0.717) is 37.6 Å². The van der Waals surface area contributed by atoms with Crippen LogP contribution in [0.3, 0.4) is 0 Å². The lowest BCUT2D eigenvalue weighted by Gasteiger charge is -2.37. The Morgan fingerprint density at radius 2 is 1.77 bits per heavy atom. The number of aromatic nitrogens is 2. The number of halogens is 3. The number of hydrogen-bond acceptors (Lipinski definition) is 6. The molecule has 1 aliphatic rings. The van der Waals surface area contributed by atoms with Crippen LogP contribution < -0.4 is 4.90 Å². The van der Waals surface area contributed by atoms with E-state index >= 15 is 0 Å². The first-order valence-corrected chi connectivity index (χ1v) is 9.85. The third-order valence-corrected chi connectivity index (χ3v) is 4.73. The molecule has 0 aromatic carbocycles. The molecule has 2 aromatic heterocycles. The predicted octanol–water partition coefficient (Wildman–Crippen LogP) is 3.63. The molecule has 1 atom stereocenters. The smallest absolute Gasteiger partial charge is 0.433 e. The van der Waals surface area contributed by atoms with E-state index < -0.39 is 23.6 Å². The van der Waals surface area contributed by atoms with Gasteiger partial charge in [-0.2, -0.15) is 13.2 Å². The molecular formula is C21H25F3N4O3. The predicted molar refractivity (Wildman–Crippen MR) is 108 cm³/mol. The molecule has 1 aliphatic heterocycles. The number of ether oxygens (including phenoxy) is 1. The molecule has 1 fully saturated rings. The molecule has 3 heterocycles. The average Bonchev–Trinajstić information content (AvgIpc) is 2.71. The van der Waals surface area contributed by atoms with Crippen LogP contribution in [0.1, 0.15) is 43.7 Å². The largest absolute Gasteiger partial charge is 0.444 e. The monoisotopic (exact) mass is 438 g/mol. The Kier molecular flexibility index (Phi) is 6.40. The Hall–Kier alpha value is -2.88. The molecule has 3 rings (SSSR count). The Morgan fingerprint density at radius 1 is 1.10 bits per heavy atom. The molecule has 1 N–H and O–H groups in total. The minimum atomic E-state index is -4.54. The lowest BCUT2D eigenvalue weighted by Crippen LogP contribution is -2.50. The molecule has 0 saturated carbocycles. The van der Waals surface area contributed by atoms with Gasteiger partial charge in [-0.25, -0.2) is 9.78 Å². The highest BCUT2D eigenvalue weighted by Crippen LogP contribution is 2.32. The van der Waals surface area contributed by atoms with E-state index in [-0.39, 0.29) is 11.7 Å². The third kappa shape index (κ3) is 5.63. The Morgan fingerprint density at radius 3 is 2.32 bits per heavy atom.